The highest BCUT2D eigenvalue weighted by atomic mass is 16.5. The van der Waals surface area contributed by atoms with Gasteiger partial charge in [-0.15, -0.1) is 0 Å². The molecule has 0 aromatic heterocycles. The Morgan fingerprint density at radius 3 is 2.58 bits per heavy atom. The third kappa shape index (κ3) is 6.19. The van der Waals surface area contributed by atoms with E-state index in [1.54, 1.807) is 7.11 Å². The zero-order chi connectivity index (χ0) is 14.1. The average Bonchev–Trinajstić information content (AvgIpc) is 2.44. The van der Waals surface area contributed by atoms with Gasteiger partial charge in [-0.1, -0.05) is 6.92 Å². The van der Waals surface area contributed by atoms with Crippen molar-refractivity contribution in [3.8, 4) is 0 Å². The molecular formula is C14H29NO4. The highest BCUT2D eigenvalue weighted by molar-refractivity contribution is 4.92. The van der Waals surface area contributed by atoms with Crippen molar-refractivity contribution in [1.29, 1.82) is 0 Å². The molecule has 114 valence electrons. The molecule has 1 fully saturated rings. The molecule has 1 aliphatic carbocycles. The monoisotopic (exact) mass is 275 g/mol. The molecule has 0 aliphatic heterocycles. The summed E-state index contributed by atoms with van der Waals surface area (Å²) in [5.41, 5.74) is -0.208. The zero-order valence-corrected chi connectivity index (χ0v) is 12.2. The van der Waals surface area contributed by atoms with Gasteiger partial charge >= 0.3 is 0 Å². The second-order valence-electron chi connectivity index (χ2n) is 5.72. The fourth-order valence-electron chi connectivity index (χ4n) is 2.46. The Bertz CT molecular complexity index is 229. The third-order valence-corrected chi connectivity index (χ3v) is 3.99. The summed E-state index contributed by atoms with van der Waals surface area (Å²) in [4.78, 5) is 0. The van der Waals surface area contributed by atoms with E-state index in [2.05, 4.69) is 12.2 Å². The van der Waals surface area contributed by atoms with Crippen molar-refractivity contribution in [3.63, 3.8) is 0 Å². The first-order valence-electron chi connectivity index (χ1n) is 7.22. The lowest BCUT2D eigenvalue weighted by Crippen LogP contribution is -2.53. The van der Waals surface area contributed by atoms with E-state index in [0.717, 1.165) is 31.6 Å². The zero-order valence-electron chi connectivity index (χ0n) is 12.2. The Balaban J connectivity index is 2.21. The van der Waals surface area contributed by atoms with Crippen LogP contribution in [-0.4, -0.2) is 61.9 Å². The van der Waals surface area contributed by atoms with Crippen molar-refractivity contribution in [3.05, 3.63) is 0 Å². The minimum absolute atomic E-state index is 0.136. The first-order valence-corrected chi connectivity index (χ1v) is 7.22. The maximum absolute atomic E-state index is 9.83. The van der Waals surface area contributed by atoms with Crippen LogP contribution in [0.15, 0.2) is 0 Å². The first-order chi connectivity index (χ1) is 9.12. The van der Waals surface area contributed by atoms with Gasteiger partial charge in [0.2, 0.25) is 0 Å². The first kappa shape index (κ1) is 16.9. The highest BCUT2D eigenvalue weighted by Gasteiger charge is 2.33. The lowest BCUT2D eigenvalue weighted by molar-refractivity contribution is 0.00593. The molecule has 1 rings (SSSR count). The van der Waals surface area contributed by atoms with Crippen LogP contribution in [-0.2, 0) is 9.47 Å². The number of aliphatic hydroxyl groups excluding tert-OH is 2. The molecule has 5 heteroatoms. The van der Waals surface area contributed by atoms with Gasteiger partial charge in [-0.25, -0.2) is 0 Å². The van der Waals surface area contributed by atoms with E-state index in [1.165, 1.54) is 0 Å². The minimum Gasteiger partial charge on any atom is -0.394 e. The Kier molecular flexibility index (Phi) is 7.87. The van der Waals surface area contributed by atoms with Gasteiger partial charge in [0.15, 0.2) is 0 Å². The lowest BCUT2D eigenvalue weighted by Gasteiger charge is -2.39. The van der Waals surface area contributed by atoms with E-state index in [0.29, 0.717) is 26.4 Å². The van der Waals surface area contributed by atoms with E-state index in [1.807, 2.05) is 0 Å². The average molecular weight is 275 g/mol. The van der Waals surface area contributed by atoms with Crippen LogP contribution in [0.2, 0.25) is 0 Å². The Morgan fingerprint density at radius 1 is 1.32 bits per heavy atom. The Hall–Kier alpha value is -0.200. The fourth-order valence-corrected chi connectivity index (χ4v) is 2.46. The summed E-state index contributed by atoms with van der Waals surface area (Å²) in [6.07, 6.45) is 3.67. The van der Waals surface area contributed by atoms with Crippen molar-refractivity contribution < 1.29 is 19.7 Å². The van der Waals surface area contributed by atoms with E-state index < -0.39 is 6.10 Å². The molecule has 5 nitrogen and oxygen atoms in total. The Morgan fingerprint density at radius 2 is 2.00 bits per heavy atom. The smallest absolute Gasteiger partial charge is 0.0897 e. The number of methoxy groups -OCH3 is 1. The molecule has 1 unspecified atom stereocenters. The summed E-state index contributed by atoms with van der Waals surface area (Å²) in [6.45, 7) is 4.18. The number of ether oxygens (including phenoxy) is 2. The SMILES string of the molecule is COCCOCC(O)CNC1(CO)CCC(C)CC1. The largest absolute Gasteiger partial charge is 0.394 e. The summed E-state index contributed by atoms with van der Waals surface area (Å²) in [6, 6.07) is 0. The van der Waals surface area contributed by atoms with Gasteiger partial charge in [0.25, 0.3) is 0 Å². The Labute approximate surface area is 116 Å². The number of β-amino-alcohol motifs (C(OH)–C–C–N with tert-alkyl or cyclic N) is 1. The van der Waals surface area contributed by atoms with Crippen molar-refractivity contribution in [2.75, 3.05) is 40.1 Å². The maximum Gasteiger partial charge on any atom is 0.0897 e. The number of rotatable bonds is 9. The van der Waals surface area contributed by atoms with Gasteiger partial charge < -0.3 is 25.0 Å². The molecule has 0 bridgehead atoms. The predicted molar refractivity (Wildman–Crippen MR) is 74.2 cm³/mol. The molecule has 0 amide bonds. The topological polar surface area (TPSA) is 71.0 Å². The summed E-state index contributed by atoms with van der Waals surface area (Å²) >= 11 is 0. The number of aliphatic hydroxyl groups is 2. The third-order valence-electron chi connectivity index (χ3n) is 3.99. The second kappa shape index (κ2) is 8.87. The van der Waals surface area contributed by atoms with Crippen molar-refractivity contribution in [1.82, 2.24) is 5.32 Å². The van der Waals surface area contributed by atoms with Gasteiger partial charge in [0, 0.05) is 19.2 Å². The molecule has 1 saturated carbocycles. The van der Waals surface area contributed by atoms with Crippen LogP contribution in [0.3, 0.4) is 0 Å². The van der Waals surface area contributed by atoms with Crippen molar-refractivity contribution in [2.45, 2.75) is 44.2 Å². The molecule has 1 atom stereocenters. The van der Waals surface area contributed by atoms with Crippen molar-refractivity contribution in [2.24, 2.45) is 5.92 Å². The van der Waals surface area contributed by atoms with Gasteiger partial charge in [-0.05, 0) is 31.6 Å². The summed E-state index contributed by atoms with van der Waals surface area (Å²) < 4.78 is 10.1. The molecule has 19 heavy (non-hydrogen) atoms. The summed E-state index contributed by atoms with van der Waals surface area (Å²) in [5, 5.41) is 22.8. The van der Waals surface area contributed by atoms with Gasteiger partial charge in [0.1, 0.15) is 0 Å². The van der Waals surface area contributed by atoms with Crippen LogP contribution in [0, 0.1) is 5.92 Å². The van der Waals surface area contributed by atoms with Crippen LogP contribution in [0.4, 0.5) is 0 Å². The normalized spacial score (nSPS) is 29.4. The molecule has 0 aromatic rings. The quantitative estimate of drug-likeness (QED) is 0.536. The molecule has 0 heterocycles. The van der Waals surface area contributed by atoms with Gasteiger partial charge in [0.05, 0.1) is 32.5 Å². The second-order valence-corrected chi connectivity index (χ2v) is 5.72. The van der Waals surface area contributed by atoms with Crippen LogP contribution >= 0.6 is 0 Å². The fraction of sp³-hybridized carbons (Fsp3) is 1.00. The lowest BCUT2D eigenvalue weighted by atomic mass is 9.77. The van der Waals surface area contributed by atoms with E-state index in [9.17, 15) is 10.2 Å². The molecule has 3 N–H and O–H groups in total. The summed E-state index contributed by atoms with van der Waals surface area (Å²) in [7, 11) is 1.62. The van der Waals surface area contributed by atoms with Gasteiger partial charge in [-0.2, -0.15) is 0 Å². The van der Waals surface area contributed by atoms with E-state index >= 15 is 0 Å². The molecular weight excluding hydrogens is 246 g/mol. The molecule has 0 saturated heterocycles. The maximum atomic E-state index is 9.83. The molecule has 1 aliphatic rings. The van der Waals surface area contributed by atoms with Crippen LogP contribution < -0.4 is 5.32 Å². The predicted octanol–water partition coefficient (Wildman–Crippen LogP) is 0.541. The van der Waals surface area contributed by atoms with E-state index in [4.69, 9.17) is 9.47 Å². The standard InChI is InChI=1S/C14H29NO4/c1-12-3-5-14(11-16,6-4-12)15-9-13(17)10-19-8-7-18-2/h12-13,15-17H,3-11H2,1-2H3. The van der Waals surface area contributed by atoms with Crippen LogP contribution in [0.25, 0.3) is 0 Å². The van der Waals surface area contributed by atoms with E-state index in [-0.39, 0.29) is 12.1 Å². The van der Waals surface area contributed by atoms with Crippen LogP contribution in [0.1, 0.15) is 32.6 Å². The van der Waals surface area contributed by atoms with Gasteiger partial charge in [-0.3, -0.25) is 0 Å². The number of nitrogens with one attached hydrogen (secondary N) is 1. The summed E-state index contributed by atoms with van der Waals surface area (Å²) in [5.74, 6) is 0.740. The highest BCUT2D eigenvalue weighted by Crippen LogP contribution is 2.31. The number of hydrogen-bond acceptors (Lipinski definition) is 5. The molecule has 0 radical (unpaired) electrons. The molecule has 0 spiro atoms. The molecule has 0 aromatic carbocycles. The minimum atomic E-state index is -0.542. The van der Waals surface area contributed by atoms with Crippen molar-refractivity contribution >= 4 is 0 Å². The van der Waals surface area contributed by atoms with Crippen LogP contribution in [0.5, 0.6) is 0 Å². The number of hydrogen-bond donors (Lipinski definition) is 3.